The maximum Gasteiger partial charge on any atom is 0.338 e. The molecule has 3 heteroatoms. The molecule has 1 aromatic carbocycles. The van der Waals surface area contributed by atoms with Crippen LogP contribution in [0.5, 0.6) is 0 Å². The second kappa shape index (κ2) is 6.86. The van der Waals surface area contributed by atoms with Crippen LogP contribution in [0.3, 0.4) is 0 Å². The second-order valence-electron chi connectivity index (χ2n) is 4.17. The molecule has 0 amide bonds. The van der Waals surface area contributed by atoms with E-state index in [0.29, 0.717) is 12.0 Å². The SMILES string of the molecule is C=C(C)CC(CO)COC(=O)c1ccccc1. The highest BCUT2D eigenvalue weighted by atomic mass is 16.5. The quantitative estimate of drug-likeness (QED) is 0.607. The van der Waals surface area contributed by atoms with E-state index in [1.807, 2.05) is 13.0 Å². The Hall–Kier alpha value is -1.61. The van der Waals surface area contributed by atoms with Crippen LogP contribution < -0.4 is 0 Å². The number of aliphatic hydroxyl groups excluding tert-OH is 1. The highest BCUT2D eigenvalue weighted by Gasteiger charge is 2.12. The Kier molecular flexibility index (Phi) is 5.43. The van der Waals surface area contributed by atoms with Crippen LogP contribution in [-0.4, -0.2) is 24.3 Å². The topological polar surface area (TPSA) is 46.5 Å². The molecule has 3 nitrogen and oxygen atoms in total. The maximum absolute atomic E-state index is 11.6. The minimum Gasteiger partial charge on any atom is -0.462 e. The van der Waals surface area contributed by atoms with Crippen LogP contribution in [-0.2, 0) is 4.74 Å². The standard InChI is InChI=1S/C14H18O3/c1-11(2)8-12(9-15)10-17-14(16)13-6-4-3-5-7-13/h3-7,12,15H,1,8-10H2,2H3. The summed E-state index contributed by atoms with van der Waals surface area (Å²) in [6.45, 7) is 5.88. The molecule has 0 saturated carbocycles. The summed E-state index contributed by atoms with van der Waals surface area (Å²) in [5.41, 5.74) is 1.50. The summed E-state index contributed by atoms with van der Waals surface area (Å²) in [7, 11) is 0. The smallest absolute Gasteiger partial charge is 0.338 e. The van der Waals surface area contributed by atoms with Crippen LogP contribution in [0.4, 0.5) is 0 Å². The first kappa shape index (κ1) is 13.5. The van der Waals surface area contributed by atoms with E-state index < -0.39 is 0 Å². The van der Waals surface area contributed by atoms with Gasteiger partial charge in [-0.1, -0.05) is 23.8 Å². The molecule has 0 fully saturated rings. The molecule has 0 aromatic heterocycles. The Morgan fingerprint density at radius 2 is 2.06 bits per heavy atom. The number of rotatable bonds is 6. The van der Waals surface area contributed by atoms with Crippen molar-refractivity contribution in [3.63, 3.8) is 0 Å². The Bertz CT molecular complexity index is 370. The average molecular weight is 234 g/mol. The summed E-state index contributed by atoms with van der Waals surface area (Å²) < 4.78 is 5.14. The number of aliphatic hydroxyl groups is 1. The van der Waals surface area contributed by atoms with Gasteiger partial charge in [0.05, 0.1) is 12.2 Å². The molecule has 17 heavy (non-hydrogen) atoms. The van der Waals surface area contributed by atoms with Gasteiger partial charge in [-0.05, 0) is 25.5 Å². The molecule has 0 saturated heterocycles. The third kappa shape index (κ3) is 4.83. The van der Waals surface area contributed by atoms with E-state index in [9.17, 15) is 4.79 Å². The van der Waals surface area contributed by atoms with Gasteiger partial charge in [0, 0.05) is 12.5 Å². The van der Waals surface area contributed by atoms with Gasteiger partial charge in [-0.15, -0.1) is 6.58 Å². The van der Waals surface area contributed by atoms with Crippen molar-refractivity contribution in [3.8, 4) is 0 Å². The molecule has 1 atom stereocenters. The fraction of sp³-hybridized carbons (Fsp3) is 0.357. The number of hydrogen-bond donors (Lipinski definition) is 1. The number of carbonyl (C=O) groups is 1. The van der Waals surface area contributed by atoms with Crippen LogP contribution in [0.2, 0.25) is 0 Å². The van der Waals surface area contributed by atoms with E-state index in [1.165, 1.54) is 0 Å². The Balaban J connectivity index is 2.44. The molecule has 0 bridgehead atoms. The number of allylic oxidation sites excluding steroid dienone is 1. The molecule has 0 spiro atoms. The Morgan fingerprint density at radius 3 is 2.59 bits per heavy atom. The van der Waals surface area contributed by atoms with E-state index in [-0.39, 0.29) is 25.1 Å². The van der Waals surface area contributed by atoms with E-state index in [4.69, 9.17) is 9.84 Å². The fourth-order valence-corrected chi connectivity index (χ4v) is 1.52. The number of carbonyl (C=O) groups excluding carboxylic acids is 1. The zero-order chi connectivity index (χ0) is 12.7. The first-order chi connectivity index (χ1) is 8.13. The number of benzene rings is 1. The van der Waals surface area contributed by atoms with Crippen molar-refractivity contribution in [3.05, 3.63) is 48.0 Å². The summed E-state index contributed by atoms with van der Waals surface area (Å²) in [5, 5.41) is 9.13. The lowest BCUT2D eigenvalue weighted by Crippen LogP contribution is -2.17. The third-order valence-electron chi connectivity index (χ3n) is 2.35. The molecule has 0 radical (unpaired) electrons. The van der Waals surface area contributed by atoms with Gasteiger partial charge in [0.15, 0.2) is 0 Å². The summed E-state index contributed by atoms with van der Waals surface area (Å²) in [6.07, 6.45) is 0.665. The van der Waals surface area contributed by atoms with Crippen molar-refractivity contribution in [2.45, 2.75) is 13.3 Å². The fourth-order valence-electron chi connectivity index (χ4n) is 1.52. The minimum absolute atomic E-state index is 0.00503. The largest absolute Gasteiger partial charge is 0.462 e. The van der Waals surface area contributed by atoms with E-state index >= 15 is 0 Å². The molecule has 1 rings (SSSR count). The minimum atomic E-state index is -0.356. The van der Waals surface area contributed by atoms with Crippen molar-refractivity contribution in [2.75, 3.05) is 13.2 Å². The van der Waals surface area contributed by atoms with Crippen LogP contribution in [0.15, 0.2) is 42.5 Å². The average Bonchev–Trinajstić information content (AvgIpc) is 2.34. The van der Waals surface area contributed by atoms with E-state index in [1.54, 1.807) is 24.3 Å². The lowest BCUT2D eigenvalue weighted by atomic mass is 10.0. The highest BCUT2D eigenvalue weighted by Crippen LogP contribution is 2.11. The van der Waals surface area contributed by atoms with Crippen LogP contribution in [0, 0.1) is 5.92 Å². The van der Waals surface area contributed by atoms with Gasteiger partial charge in [0.25, 0.3) is 0 Å². The molecular formula is C14H18O3. The predicted molar refractivity (Wildman–Crippen MR) is 66.7 cm³/mol. The van der Waals surface area contributed by atoms with Gasteiger partial charge >= 0.3 is 5.97 Å². The first-order valence-electron chi connectivity index (χ1n) is 5.61. The van der Waals surface area contributed by atoms with Gasteiger partial charge in [0.1, 0.15) is 0 Å². The zero-order valence-corrected chi connectivity index (χ0v) is 10.1. The lowest BCUT2D eigenvalue weighted by Gasteiger charge is -2.14. The summed E-state index contributed by atoms with van der Waals surface area (Å²) >= 11 is 0. The van der Waals surface area contributed by atoms with Crippen molar-refractivity contribution in [2.24, 2.45) is 5.92 Å². The molecule has 0 aliphatic carbocycles. The maximum atomic E-state index is 11.6. The zero-order valence-electron chi connectivity index (χ0n) is 10.1. The predicted octanol–water partition coefficient (Wildman–Crippen LogP) is 2.42. The van der Waals surface area contributed by atoms with Crippen molar-refractivity contribution in [1.82, 2.24) is 0 Å². The van der Waals surface area contributed by atoms with E-state index in [0.717, 1.165) is 5.57 Å². The monoisotopic (exact) mass is 234 g/mol. The van der Waals surface area contributed by atoms with Gasteiger partial charge < -0.3 is 9.84 Å². The number of esters is 1. The molecule has 1 unspecified atom stereocenters. The summed E-state index contributed by atoms with van der Waals surface area (Å²) in [4.78, 5) is 11.6. The van der Waals surface area contributed by atoms with Crippen molar-refractivity contribution in [1.29, 1.82) is 0 Å². The molecule has 1 aromatic rings. The van der Waals surface area contributed by atoms with Gasteiger partial charge in [-0.3, -0.25) is 0 Å². The molecule has 0 heterocycles. The molecule has 1 N–H and O–H groups in total. The second-order valence-corrected chi connectivity index (χ2v) is 4.17. The van der Waals surface area contributed by atoms with Gasteiger partial charge in [-0.2, -0.15) is 0 Å². The van der Waals surface area contributed by atoms with Crippen molar-refractivity contribution >= 4 is 5.97 Å². The first-order valence-corrected chi connectivity index (χ1v) is 5.61. The number of ether oxygens (including phenoxy) is 1. The number of hydrogen-bond acceptors (Lipinski definition) is 3. The van der Waals surface area contributed by atoms with Gasteiger partial charge in [0.2, 0.25) is 0 Å². The lowest BCUT2D eigenvalue weighted by molar-refractivity contribution is 0.0387. The summed E-state index contributed by atoms with van der Waals surface area (Å²) in [5.74, 6) is -0.425. The molecule has 0 aliphatic heterocycles. The van der Waals surface area contributed by atoms with Crippen molar-refractivity contribution < 1.29 is 14.6 Å². The summed E-state index contributed by atoms with van der Waals surface area (Å²) in [6, 6.07) is 8.82. The molecule has 0 aliphatic rings. The van der Waals surface area contributed by atoms with Gasteiger partial charge in [-0.25, -0.2) is 4.79 Å². The molecule has 92 valence electrons. The van der Waals surface area contributed by atoms with Crippen LogP contribution in [0.25, 0.3) is 0 Å². The van der Waals surface area contributed by atoms with Crippen LogP contribution in [0.1, 0.15) is 23.7 Å². The third-order valence-corrected chi connectivity index (χ3v) is 2.35. The normalized spacial score (nSPS) is 11.9. The van der Waals surface area contributed by atoms with Crippen LogP contribution >= 0.6 is 0 Å². The Labute approximate surface area is 102 Å². The molecular weight excluding hydrogens is 216 g/mol. The van der Waals surface area contributed by atoms with E-state index in [2.05, 4.69) is 6.58 Å². The highest BCUT2D eigenvalue weighted by molar-refractivity contribution is 5.89. The Morgan fingerprint density at radius 1 is 1.41 bits per heavy atom.